The van der Waals surface area contributed by atoms with Gasteiger partial charge in [-0.2, -0.15) is 4.98 Å². The molecule has 5 heteroatoms. The molecule has 0 spiro atoms. The van der Waals surface area contributed by atoms with Gasteiger partial charge in [0.1, 0.15) is 11.0 Å². The molecule has 0 saturated carbocycles. The molecule has 2 N–H and O–H groups in total. The molecule has 0 aliphatic rings. The van der Waals surface area contributed by atoms with E-state index in [1.807, 2.05) is 11.9 Å². The fraction of sp³-hybridized carbons (Fsp3) is 0.500. The standard InChI is InChI=1S/C8H13ClN4/c1-5(2)13(3)7-4-6(9)11-8(10)12-7/h4-5H,1-3H3,(H2,10,11,12). The zero-order valence-electron chi connectivity index (χ0n) is 7.95. The van der Waals surface area contributed by atoms with Crippen molar-refractivity contribution in [2.75, 3.05) is 17.7 Å². The van der Waals surface area contributed by atoms with Crippen LogP contribution < -0.4 is 10.6 Å². The van der Waals surface area contributed by atoms with Crippen LogP contribution in [0.25, 0.3) is 0 Å². The maximum absolute atomic E-state index is 5.74. The van der Waals surface area contributed by atoms with Crippen molar-refractivity contribution in [3.8, 4) is 0 Å². The van der Waals surface area contributed by atoms with Crippen molar-refractivity contribution < 1.29 is 0 Å². The van der Waals surface area contributed by atoms with Crippen molar-refractivity contribution in [1.29, 1.82) is 0 Å². The summed E-state index contributed by atoms with van der Waals surface area (Å²) in [4.78, 5) is 9.82. The zero-order valence-corrected chi connectivity index (χ0v) is 8.71. The average molecular weight is 201 g/mol. The van der Waals surface area contributed by atoms with Gasteiger partial charge in [-0.3, -0.25) is 0 Å². The molecule has 0 aromatic carbocycles. The largest absolute Gasteiger partial charge is 0.368 e. The van der Waals surface area contributed by atoms with E-state index >= 15 is 0 Å². The predicted molar refractivity (Wildman–Crippen MR) is 55.0 cm³/mol. The topological polar surface area (TPSA) is 55.0 Å². The Hall–Kier alpha value is -1.03. The Kier molecular flexibility index (Phi) is 2.93. The van der Waals surface area contributed by atoms with E-state index in [0.29, 0.717) is 11.2 Å². The van der Waals surface area contributed by atoms with Gasteiger partial charge >= 0.3 is 0 Å². The Morgan fingerprint density at radius 1 is 1.46 bits per heavy atom. The van der Waals surface area contributed by atoms with Crippen molar-refractivity contribution in [1.82, 2.24) is 9.97 Å². The lowest BCUT2D eigenvalue weighted by atomic mass is 10.3. The molecule has 72 valence electrons. The molecule has 1 aromatic heterocycles. The van der Waals surface area contributed by atoms with Crippen molar-refractivity contribution in [3.63, 3.8) is 0 Å². The molecule has 0 radical (unpaired) electrons. The van der Waals surface area contributed by atoms with Gasteiger partial charge in [0, 0.05) is 19.2 Å². The Labute approximate surface area is 82.7 Å². The van der Waals surface area contributed by atoms with Crippen LogP contribution in [0.5, 0.6) is 0 Å². The summed E-state index contributed by atoms with van der Waals surface area (Å²) in [5.41, 5.74) is 5.46. The lowest BCUT2D eigenvalue weighted by Gasteiger charge is -2.22. The second kappa shape index (κ2) is 3.79. The van der Waals surface area contributed by atoms with E-state index in [0.717, 1.165) is 5.82 Å². The highest BCUT2D eigenvalue weighted by Crippen LogP contribution is 2.17. The predicted octanol–water partition coefficient (Wildman–Crippen LogP) is 1.56. The van der Waals surface area contributed by atoms with Crippen LogP contribution in [0, 0.1) is 0 Å². The number of nitrogens with zero attached hydrogens (tertiary/aromatic N) is 3. The van der Waals surface area contributed by atoms with Gasteiger partial charge in [-0.05, 0) is 13.8 Å². The van der Waals surface area contributed by atoms with E-state index in [4.69, 9.17) is 17.3 Å². The van der Waals surface area contributed by atoms with E-state index < -0.39 is 0 Å². The minimum atomic E-state index is 0.204. The highest BCUT2D eigenvalue weighted by atomic mass is 35.5. The molecule has 13 heavy (non-hydrogen) atoms. The highest BCUT2D eigenvalue weighted by Gasteiger charge is 2.08. The zero-order chi connectivity index (χ0) is 10.0. The van der Waals surface area contributed by atoms with Crippen LogP contribution in [-0.4, -0.2) is 23.1 Å². The fourth-order valence-corrected chi connectivity index (χ4v) is 1.05. The molecule has 0 atom stereocenters. The molecule has 0 aliphatic carbocycles. The minimum absolute atomic E-state index is 0.204. The fourth-order valence-electron chi connectivity index (χ4n) is 0.868. The van der Waals surface area contributed by atoms with Crippen molar-refractivity contribution >= 4 is 23.4 Å². The summed E-state index contributed by atoms with van der Waals surface area (Å²) < 4.78 is 0. The quantitative estimate of drug-likeness (QED) is 0.737. The lowest BCUT2D eigenvalue weighted by Crippen LogP contribution is -2.26. The number of aromatic nitrogens is 2. The first-order valence-corrected chi connectivity index (χ1v) is 4.41. The molecule has 1 aromatic rings. The third-order valence-corrected chi connectivity index (χ3v) is 2.03. The number of nitrogens with two attached hydrogens (primary N) is 1. The number of halogens is 1. The molecule has 0 bridgehead atoms. The van der Waals surface area contributed by atoms with Crippen LogP contribution in [0.3, 0.4) is 0 Å². The van der Waals surface area contributed by atoms with Crippen LogP contribution in [0.15, 0.2) is 6.07 Å². The SMILES string of the molecule is CC(C)N(C)c1cc(Cl)nc(N)n1. The van der Waals surface area contributed by atoms with Crippen LogP contribution in [0.4, 0.5) is 11.8 Å². The van der Waals surface area contributed by atoms with Gasteiger partial charge in [-0.15, -0.1) is 0 Å². The van der Waals surface area contributed by atoms with E-state index in [-0.39, 0.29) is 5.95 Å². The normalized spacial score (nSPS) is 10.5. The van der Waals surface area contributed by atoms with Crippen molar-refractivity contribution in [3.05, 3.63) is 11.2 Å². The summed E-state index contributed by atoms with van der Waals surface area (Å²) in [5, 5.41) is 0.370. The summed E-state index contributed by atoms with van der Waals surface area (Å²) in [6.07, 6.45) is 0. The van der Waals surface area contributed by atoms with Crippen LogP contribution in [0.2, 0.25) is 5.15 Å². The van der Waals surface area contributed by atoms with Gasteiger partial charge < -0.3 is 10.6 Å². The molecule has 0 saturated heterocycles. The third kappa shape index (κ3) is 2.45. The minimum Gasteiger partial charge on any atom is -0.368 e. The molecule has 0 unspecified atom stereocenters. The Bertz CT molecular complexity index is 280. The molecule has 0 amide bonds. The molecular weight excluding hydrogens is 188 g/mol. The monoisotopic (exact) mass is 200 g/mol. The summed E-state index contributed by atoms with van der Waals surface area (Å²) in [6.45, 7) is 4.12. The summed E-state index contributed by atoms with van der Waals surface area (Å²) in [7, 11) is 1.93. The summed E-state index contributed by atoms with van der Waals surface area (Å²) >= 11 is 5.74. The van der Waals surface area contributed by atoms with Gasteiger partial charge in [0.2, 0.25) is 5.95 Å². The molecule has 0 aliphatic heterocycles. The lowest BCUT2D eigenvalue weighted by molar-refractivity contribution is 0.742. The molecule has 4 nitrogen and oxygen atoms in total. The number of rotatable bonds is 2. The highest BCUT2D eigenvalue weighted by molar-refractivity contribution is 6.29. The first kappa shape index (κ1) is 10.1. The van der Waals surface area contributed by atoms with Gasteiger partial charge in [0.15, 0.2) is 0 Å². The molecule has 1 heterocycles. The second-order valence-corrected chi connectivity index (χ2v) is 3.50. The average Bonchev–Trinajstić information content (AvgIpc) is 2.01. The van der Waals surface area contributed by atoms with Crippen LogP contribution in [-0.2, 0) is 0 Å². The first-order valence-electron chi connectivity index (χ1n) is 4.03. The Morgan fingerprint density at radius 2 is 2.08 bits per heavy atom. The van der Waals surface area contributed by atoms with E-state index in [1.165, 1.54) is 0 Å². The van der Waals surface area contributed by atoms with Crippen molar-refractivity contribution in [2.24, 2.45) is 0 Å². The first-order chi connectivity index (χ1) is 6.00. The van der Waals surface area contributed by atoms with Gasteiger partial charge in [0.05, 0.1) is 0 Å². The number of anilines is 2. The third-order valence-electron chi connectivity index (χ3n) is 1.83. The molecular formula is C8H13ClN4. The van der Waals surface area contributed by atoms with E-state index in [2.05, 4.69) is 23.8 Å². The Morgan fingerprint density at radius 3 is 2.54 bits per heavy atom. The summed E-state index contributed by atoms with van der Waals surface area (Å²) in [6, 6.07) is 2.04. The number of nitrogen functional groups attached to an aromatic ring is 1. The Balaban J connectivity index is 3.01. The number of hydrogen-bond acceptors (Lipinski definition) is 4. The van der Waals surface area contributed by atoms with Gasteiger partial charge in [-0.25, -0.2) is 4.98 Å². The molecule has 0 fully saturated rings. The number of hydrogen-bond donors (Lipinski definition) is 1. The maximum Gasteiger partial charge on any atom is 0.223 e. The smallest absolute Gasteiger partial charge is 0.223 e. The molecule has 1 rings (SSSR count). The maximum atomic E-state index is 5.74. The second-order valence-electron chi connectivity index (χ2n) is 3.11. The van der Waals surface area contributed by atoms with Crippen LogP contribution in [0.1, 0.15) is 13.8 Å². The summed E-state index contributed by atoms with van der Waals surface area (Å²) in [5.74, 6) is 0.947. The van der Waals surface area contributed by atoms with Gasteiger partial charge in [0.25, 0.3) is 0 Å². The van der Waals surface area contributed by atoms with E-state index in [9.17, 15) is 0 Å². The van der Waals surface area contributed by atoms with Crippen molar-refractivity contribution in [2.45, 2.75) is 19.9 Å². The van der Waals surface area contributed by atoms with Crippen LogP contribution >= 0.6 is 11.6 Å². The van der Waals surface area contributed by atoms with E-state index in [1.54, 1.807) is 6.07 Å². The van der Waals surface area contributed by atoms with Gasteiger partial charge in [-0.1, -0.05) is 11.6 Å².